The van der Waals surface area contributed by atoms with Crippen LogP contribution in [0.25, 0.3) is 0 Å². The lowest BCUT2D eigenvalue weighted by Gasteiger charge is -2.33. The van der Waals surface area contributed by atoms with E-state index in [2.05, 4.69) is 98.9 Å². The van der Waals surface area contributed by atoms with Crippen LogP contribution in [0.1, 0.15) is 149 Å². The third kappa shape index (κ3) is 12.4. The molecule has 0 heterocycles. The van der Waals surface area contributed by atoms with Crippen LogP contribution in [-0.2, 0) is 30.5 Å². The Hall–Kier alpha value is -3.46. The number of hydrogen-bond donors (Lipinski definition) is 1. The van der Waals surface area contributed by atoms with Crippen LogP contribution >= 0.6 is 0 Å². The monoisotopic (exact) mass is 628 g/mol. The van der Waals surface area contributed by atoms with Gasteiger partial charge in [0.1, 0.15) is 0 Å². The first kappa shape index (κ1) is 42.5. The van der Waals surface area contributed by atoms with Crippen molar-refractivity contribution in [2.24, 2.45) is 5.41 Å². The van der Waals surface area contributed by atoms with E-state index in [1.807, 2.05) is 38.1 Å². The average molecular weight is 629 g/mol. The summed E-state index contributed by atoms with van der Waals surface area (Å²) in [7, 11) is 0. The molecule has 0 aromatic heterocycles. The van der Waals surface area contributed by atoms with Gasteiger partial charge in [-0.25, -0.2) is 0 Å². The number of ketones is 1. The van der Waals surface area contributed by atoms with Gasteiger partial charge in [-0.15, -0.1) is 13.2 Å². The van der Waals surface area contributed by atoms with Gasteiger partial charge in [-0.3, -0.25) is 9.59 Å². The molecule has 254 valence electrons. The van der Waals surface area contributed by atoms with E-state index in [0.717, 1.165) is 48.8 Å². The van der Waals surface area contributed by atoms with Crippen molar-refractivity contribution in [1.82, 2.24) is 0 Å². The second-order valence-corrected chi connectivity index (χ2v) is 12.5. The minimum Gasteiger partial charge on any atom is -0.481 e. The van der Waals surface area contributed by atoms with E-state index in [1.54, 1.807) is 6.92 Å². The predicted molar refractivity (Wildman–Crippen MR) is 201 cm³/mol. The van der Waals surface area contributed by atoms with Crippen LogP contribution in [0.2, 0.25) is 0 Å². The summed E-state index contributed by atoms with van der Waals surface area (Å²) in [5.74, 6) is -0.812. The molecule has 1 atom stereocenters. The van der Waals surface area contributed by atoms with Gasteiger partial charge in [-0.05, 0) is 105 Å². The molecule has 0 fully saturated rings. The summed E-state index contributed by atoms with van der Waals surface area (Å²) in [5, 5.41) is 10.1. The zero-order chi connectivity index (χ0) is 35.4. The van der Waals surface area contributed by atoms with Gasteiger partial charge in [0.05, 0.1) is 5.41 Å². The number of hydrogen-bond acceptors (Lipinski definition) is 2. The molecule has 0 spiro atoms. The highest BCUT2D eigenvalue weighted by Gasteiger charge is 2.40. The van der Waals surface area contributed by atoms with Crippen LogP contribution < -0.4 is 0 Å². The summed E-state index contributed by atoms with van der Waals surface area (Å²) < 4.78 is 0. The minimum atomic E-state index is -0.901. The molecule has 0 saturated heterocycles. The zero-order valence-electron chi connectivity index (χ0n) is 31.1. The molecular weight excluding hydrogens is 564 g/mol. The quantitative estimate of drug-likeness (QED) is 0.160. The topological polar surface area (TPSA) is 54.4 Å². The van der Waals surface area contributed by atoms with Crippen molar-refractivity contribution in [3.63, 3.8) is 0 Å². The van der Waals surface area contributed by atoms with E-state index in [4.69, 9.17) is 0 Å². The third-order valence-electron chi connectivity index (χ3n) is 8.85. The van der Waals surface area contributed by atoms with Gasteiger partial charge >= 0.3 is 5.97 Å². The molecule has 3 heteroatoms. The van der Waals surface area contributed by atoms with Crippen molar-refractivity contribution in [1.29, 1.82) is 0 Å². The molecule has 3 aromatic rings. The molecule has 3 rings (SSSR count). The number of carbonyl (C=O) groups excluding carboxylic acids is 1. The second kappa shape index (κ2) is 22.1. The third-order valence-corrected chi connectivity index (χ3v) is 8.85. The average Bonchev–Trinajstić information content (AvgIpc) is 3.05. The van der Waals surface area contributed by atoms with Gasteiger partial charge < -0.3 is 5.11 Å². The normalized spacial score (nSPS) is 11.1. The highest BCUT2D eigenvalue weighted by molar-refractivity contribution is 5.94. The minimum absolute atomic E-state index is 0.132. The number of aliphatic carboxylic acids is 1. The first-order valence-electron chi connectivity index (χ1n) is 17.4. The Balaban J connectivity index is 0.000000921. The summed E-state index contributed by atoms with van der Waals surface area (Å²) in [6.07, 6.45) is 9.25. The zero-order valence-corrected chi connectivity index (χ0v) is 31.1. The van der Waals surface area contributed by atoms with E-state index in [0.29, 0.717) is 0 Å². The van der Waals surface area contributed by atoms with Gasteiger partial charge in [0.25, 0.3) is 0 Å². The number of aryl methyl sites for hydroxylation is 4. The van der Waals surface area contributed by atoms with Crippen LogP contribution in [-0.4, -0.2) is 16.9 Å². The number of carboxylic acids is 1. The standard InChI is InChI=1S/C26H36O2.C10H12O.C5H12.C2H4/c1-8-11-21-12-13-22(16-20(21)10-3)24(26(6,7)25(27)28)23-15-14-19(9-2)17(4)18(23)5;1-3-9-4-6-10(7-5-9)8(2)11;1-3-5-4-2;1-2/h12-16,24H,8-11H2,1-7H3,(H,27,28);4-7H,3H2,1-2H3;3-5H2,1-2H3;1-2H2. The van der Waals surface area contributed by atoms with Gasteiger partial charge in [0.15, 0.2) is 5.78 Å². The van der Waals surface area contributed by atoms with Gasteiger partial charge in [0.2, 0.25) is 0 Å². The molecule has 1 unspecified atom stereocenters. The number of benzene rings is 3. The lowest BCUT2D eigenvalue weighted by Crippen LogP contribution is -2.32. The van der Waals surface area contributed by atoms with E-state index in [-0.39, 0.29) is 11.7 Å². The number of rotatable bonds is 12. The Morgan fingerprint density at radius 2 is 1.26 bits per heavy atom. The molecule has 0 bridgehead atoms. The molecule has 46 heavy (non-hydrogen) atoms. The molecule has 3 aromatic carbocycles. The number of carbonyl (C=O) groups is 2. The molecule has 0 radical (unpaired) electrons. The fraction of sp³-hybridized carbons (Fsp3) is 0.488. The molecular formula is C43H64O3. The van der Waals surface area contributed by atoms with Gasteiger partial charge in [-0.1, -0.05) is 122 Å². The highest BCUT2D eigenvalue weighted by Crippen LogP contribution is 2.44. The predicted octanol–water partition coefficient (Wildman–Crippen LogP) is 12.1. The Morgan fingerprint density at radius 1 is 0.717 bits per heavy atom. The van der Waals surface area contributed by atoms with Crippen molar-refractivity contribution < 1.29 is 14.7 Å². The molecule has 0 aliphatic carbocycles. The maximum atomic E-state index is 12.3. The number of unbranched alkanes of at least 4 members (excludes halogenated alkanes) is 2. The van der Waals surface area contributed by atoms with Crippen LogP contribution in [0.15, 0.2) is 67.8 Å². The lowest BCUT2D eigenvalue weighted by molar-refractivity contribution is -0.147. The Kier molecular flexibility index (Phi) is 20.5. The van der Waals surface area contributed by atoms with Crippen molar-refractivity contribution in [2.45, 2.75) is 133 Å². The van der Waals surface area contributed by atoms with Crippen LogP contribution in [0.3, 0.4) is 0 Å². The Labute approximate surface area is 282 Å². The van der Waals surface area contributed by atoms with Crippen molar-refractivity contribution >= 4 is 11.8 Å². The molecule has 3 nitrogen and oxygen atoms in total. The van der Waals surface area contributed by atoms with E-state index in [9.17, 15) is 14.7 Å². The first-order valence-corrected chi connectivity index (χ1v) is 17.4. The summed E-state index contributed by atoms with van der Waals surface area (Å²) >= 11 is 0. The smallest absolute Gasteiger partial charge is 0.310 e. The summed E-state index contributed by atoms with van der Waals surface area (Å²) in [6, 6.07) is 18.7. The molecule has 0 aliphatic heterocycles. The van der Waals surface area contributed by atoms with Gasteiger partial charge in [-0.2, -0.15) is 0 Å². The van der Waals surface area contributed by atoms with E-state index >= 15 is 0 Å². The largest absolute Gasteiger partial charge is 0.481 e. The van der Waals surface area contributed by atoms with Crippen LogP contribution in [0.4, 0.5) is 0 Å². The maximum absolute atomic E-state index is 12.3. The summed E-state index contributed by atoms with van der Waals surface area (Å²) in [6.45, 7) is 28.7. The summed E-state index contributed by atoms with van der Waals surface area (Å²) in [5.41, 5.74) is 9.96. The van der Waals surface area contributed by atoms with Crippen molar-refractivity contribution in [3.8, 4) is 0 Å². The van der Waals surface area contributed by atoms with Crippen LogP contribution in [0, 0.1) is 19.3 Å². The molecule has 1 N–H and O–H groups in total. The van der Waals surface area contributed by atoms with E-state index < -0.39 is 11.4 Å². The van der Waals surface area contributed by atoms with Crippen molar-refractivity contribution in [2.75, 3.05) is 0 Å². The first-order chi connectivity index (χ1) is 21.8. The number of carboxylic acid groups (broad SMARTS) is 1. The molecule has 0 aliphatic rings. The fourth-order valence-electron chi connectivity index (χ4n) is 5.70. The second-order valence-electron chi connectivity index (χ2n) is 12.5. The molecule has 0 saturated carbocycles. The lowest BCUT2D eigenvalue weighted by atomic mass is 9.69. The van der Waals surface area contributed by atoms with E-state index in [1.165, 1.54) is 52.6 Å². The number of Topliss-reactive ketones (excluding diaryl/α,β-unsaturated/α-hetero) is 1. The highest BCUT2D eigenvalue weighted by atomic mass is 16.4. The van der Waals surface area contributed by atoms with Crippen molar-refractivity contribution in [3.05, 3.63) is 118 Å². The van der Waals surface area contributed by atoms with Gasteiger partial charge in [0, 0.05) is 11.5 Å². The fourth-order valence-corrected chi connectivity index (χ4v) is 5.70. The van der Waals surface area contributed by atoms with Crippen LogP contribution in [0.5, 0.6) is 0 Å². The maximum Gasteiger partial charge on any atom is 0.310 e. The Morgan fingerprint density at radius 3 is 1.67 bits per heavy atom. The SMILES string of the molecule is C=C.CCCCC.CCCc1ccc(C(c2ccc(CC)c(C)c2C)C(C)(C)C(=O)O)cc1CC.CCc1ccc(C(C)=O)cc1. The Bertz CT molecular complexity index is 1330. The summed E-state index contributed by atoms with van der Waals surface area (Å²) in [4.78, 5) is 23.1. The molecule has 0 amide bonds.